The quantitative estimate of drug-likeness (QED) is 0.816. The topological polar surface area (TPSA) is 32.7 Å². The van der Waals surface area contributed by atoms with E-state index in [0.717, 1.165) is 17.0 Å². The van der Waals surface area contributed by atoms with Crippen LogP contribution in [0.2, 0.25) is 0 Å². The molecular formula is C15H17NO2. The molecule has 0 saturated heterocycles. The normalized spacial score (nSPS) is 10.1. The maximum atomic E-state index is 10.0. The fourth-order valence-electron chi connectivity index (χ4n) is 1.75. The molecule has 0 saturated carbocycles. The molecule has 0 spiro atoms. The van der Waals surface area contributed by atoms with Crippen LogP contribution >= 0.6 is 0 Å². The van der Waals surface area contributed by atoms with Crippen molar-refractivity contribution in [2.24, 2.45) is 0 Å². The van der Waals surface area contributed by atoms with Crippen molar-refractivity contribution < 1.29 is 9.94 Å². The first-order valence-electron chi connectivity index (χ1n) is 6.03. The highest BCUT2D eigenvalue weighted by atomic mass is 16.5. The molecule has 1 N–H and O–H groups in total. The van der Waals surface area contributed by atoms with Crippen LogP contribution in [0.15, 0.2) is 54.6 Å². The molecular weight excluding hydrogens is 226 g/mol. The minimum absolute atomic E-state index is 0.455. The fraction of sp³-hybridized carbons (Fsp3) is 0.200. The zero-order valence-corrected chi connectivity index (χ0v) is 10.4. The van der Waals surface area contributed by atoms with Crippen LogP contribution in [0.25, 0.3) is 0 Å². The molecule has 94 valence electrons. The number of rotatable bonds is 5. The van der Waals surface area contributed by atoms with Gasteiger partial charge >= 0.3 is 0 Å². The first kappa shape index (κ1) is 12.5. The van der Waals surface area contributed by atoms with Crippen LogP contribution in [-0.2, 0) is 6.54 Å². The molecule has 0 amide bonds. The van der Waals surface area contributed by atoms with Gasteiger partial charge in [0.25, 0.3) is 0 Å². The van der Waals surface area contributed by atoms with E-state index in [1.165, 1.54) is 5.06 Å². The lowest BCUT2D eigenvalue weighted by atomic mass is 10.2. The van der Waals surface area contributed by atoms with Crippen LogP contribution in [0.1, 0.15) is 12.5 Å². The van der Waals surface area contributed by atoms with Gasteiger partial charge in [-0.25, -0.2) is 0 Å². The number of hydrogen-bond acceptors (Lipinski definition) is 3. The third-order valence-electron chi connectivity index (χ3n) is 2.60. The average Bonchev–Trinajstić information content (AvgIpc) is 2.40. The molecule has 2 aromatic rings. The average molecular weight is 243 g/mol. The summed E-state index contributed by atoms with van der Waals surface area (Å²) in [4.78, 5) is 0. The van der Waals surface area contributed by atoms with Crippen molar-refractivity contribution in [1.29, 1.82) is 0 Å². The van der Waals surface area contributed by atoms with E-state index in [-0.39, 0.29) is 0 Å². The van der Waals surface area contributed by atoms with Crippen molar-refractivity contribution in [3.8, 4) is 5.75 Å². The second-order valence-corrected chi connectivity index (χ2v) is 3.97. The molecule has 18 heavy (non-hydrogen) atoms. The second-order valence-electron chi connectivity index (χ2n) is 3.97. The Morgan fingerprint density at radius 2 is 1.83 bits per heavy atom. The number of nitrogens with zero attached hydrogens (tertiary/aromatic N) is 1. The Bertz CT molecular complexity index is 485. The van der Waals surface area contributed by atoms with Crippen molar-refractivity contribution in [2.75, 3.05) is 11.7 Å². The summed E-state index contributed by atoms with van der Waals surface area (Å²) in [5.74, 6) is 0.766. The summed E-state index contributed by atoms with van der Waals surface area (Å²) in [6.07, 6.45) is 0. The van der Waals surface area contributed by atoms with Crippen LogP contribution < -0.4 is 9.80 Å². The predicted molar refractivity (Wildman–Crippen MR) is 72.0 cm³/mol. The van der Waals surface area contributed by atoms with Gasteiger partial charge in [0.2, 0.25) is 0 Å². The highest BCUT2D eigenvalue weighted by molar-refractivity contribution is 5.48. The van der Waals surface area contributed by atoms with Crippen molar-refractivity contribution in [1.82, 2.24) is 0 Å². The number of hydroxylamine groups is 1. The number of benzene rings is 2. The smallest absolute Gasteiger partial charge is 0.121 e. The molecule has 0 fully saturated rings. The molecule has 0 aliphatic carbocycles. The van der Waals surface area contributed by atoms with E-state index in [1.807, 2.05) is 61.5 Å². The van der Waals surface area contributed by atoms with Crippen LogP contribution in [-0.4, -0.2) is 11.8 Å². The number of hydrogen-bond donors (Lipinski definition) is 1. The molecule has 0 aromatic heterocycles. The minimum atomic E-state index is 0.455. The van der Waals surface area contributed by atoms with Gasteiger partial charge in [0.15, 0.2) is 0 Å². The lowest BCUT2D eigenvalue weighted by Crippen LogP contribution is -2.17. The van der Waals surface area contributed by atoms with E-state index in [4.69, 9.17) is 4.74 Å². The van der Waals surface area contributed by atoms with Gasteiger partial charge in [-0.05, 0) is 24.6 Å². The van der Waals surface area contributed by atoms with Gasteiger partial charge in [0.1, 0.15) is 5.75 Å². The van der Waals surface area contributed by atoms with Gasteiger partial charge in [0.05, 0.1) is 18.8 Å². The molecule has 0 radical (unpaired) electrons. The minimum Gasteiger partial charge on any atom is -0.494 e. The Balaban J connectivity index is 2.08. The molecule has 0 aliphatic rings. The summed E-state index contributed by atoms with van der Waals surface area (Å²) in [6.45, 7) is 3.01. The molecule has 3 nitrogen and oxygen atoms in total. The van der Waals surface area contributed by atoms with Gasteiger partial charge < -0.3 is 4.74 Å². The molecule has 2 rings (SSSR count). The standard InChI is InChI=1S/C15H17NO2/c1-2-18-15-10-6-9-14(11-15)16(17)12-13-7-4-3-5-8-13/h3-11,17H,2,12H2,1H3. The van der Waals surface area contributed by atoms with Gasteiger partial charge in [-0.3, -0.25) is 10.3 Å². The fourth-order valence-corrected chi connectivity index (χ4v) is 1.75. The van der Waals surface area contributed by atoms with E-state index in [0.29, 0.717) is 13.2 Å². The Morgan fingerprint density at radius 1 is 1.06 bits per heavy atom. The summed E-state index contributed by atoms with van der Waals surface area (Å²) in [5, 5.41) is 11.3. The van der Waals surface area contributed by atoms with Crippen molar-refractivity contribution >= 4 is 5.69 Å². The molecule has 0 unspecified atom stereocenters. The van der Waals surface area contributed by atoms with Gasteiger partial charge in [0, 0.05) is 6.07 Å². The maximum absolute atomic E-state index is 10.0. The Kier molecular flexibility index (Phi) is 4.20. The zero-order chi connectivity index (χ0) is 12.8. The van der Waals surface area contributed by atoms with E-state index >= 15 is 0 Å². The predicted octanol–water partition coefficient (Wildman–Crippen LogP) is 3.48. The lowest BCUT2D eigenvalue weighted by molar-refractivity contribution is 0.249. The van der Waals surface area contributed by atoms with Crippen LogP contribution in [0.4, 0.5) is 5.69 Å². The highest BCUT2D eigenvalue weighted by Crippen LogP contribution is 2.21. The van der Waals surface area contributed by atoms with Gasteiger partial charge in [-0.2, -0.15) is 0 Å². The molecule has 0 heterocycles. The third kappa shape index (κ3) is 3.25. The molecule has 2 aromatic carbocycles. The van der Waals surface area contributed by atoms with E-state index in [9.17, 15) is 5.21 Å². The molecule has 0 atom stereocenters. The number of ether oxygens (including phenoxy) is 1. The Labute approximate surface area is 107 Å². The summed E-state index contributed by atoms with van der Waals surface area (Å²) in [7, 11) is 0. The van der Waals surface area contributed by atoms with E-state index in [1.54, 1.807) is 0 Å². The Hall–Kier alpha value is -2.00. The Morgan fingerprint density at radius 3 is 2.56 bits per heavy atom. The third-order valence-corrected chi connectivity index (χ3v) is 2.60. The van der Waals surface area contributed by atoms with Crippen LogP contribution in [0, 0.1) is 0 Å². The van der Waals surface area contributed by atoms with E-state index < -0.39 is 0 Å². The first-order chi connectivity index (χ1) is 8.79. The van der Waals surface area contributed by atoms with Gasteiger partial charge in [-0.1, -0.05) is 36.4 Å². The molecule has 0 bridgehead atoms. The monoisotopic (exact) mass is 243 g/mol. The molecule has 3 heteroatoms. The largest absolute Gasteiger partial charge is 0.494 e. The second kappa shape index (κ2) is 6.07. The summed E-state index contributed by atoms with van der Waals surface area (Å²) in [5.41, 5.74) is 1.78. The van der Waals surface area contributed by atoms with E-state index in [2.05, 4.69) is 0 Å². The lowest BCUT2D eigenvalue weighted by Gasteiger charge is -2.17. The summed E-state index contributed by atoms with van der Waals surface area (Å²) >= 11 is 0. The van der Waals surface area contributed by atoms with Crippen LogP contribution in [0.5, 0.6) is 5.75 Å². The van der Waals surface area contributed by atoms with Crippen LogP contribution in [0.3, 0.4) is 0 Å². The SMILES string of the molecule is CCOc1cccc(N(O)Cc2ccccc2)c1. The summed E-state index contributed by atoms with van der Waals surface area (Å²) < 4.78 is 5.41. The van der Waals surface area contributed by atoms with Crippen molar-refractivity contribution in [2.45, 2.75) is 13.5 Å². The van der Waals surface area contributed by atoms with Crippen molar-refractivity contribution in [3.63, 3.8) is 0 Å². The van der Waals surface area contributed by atoms with Crippen molar-refractivity contribution in [3.05, 3.63) is 60.2 Å². The molecule has 0 aliphatic heterocycles. The van der Waals surface area contributed by atoms with Gasteiger partial charge in [-0.15, -0.1) is 0 Å². The first-order valence-corrected chi connectivity index (χ1v) is 6.03. The maximum Gasteiger partial charge on any atom is 0.121 e. The summed E-state index contributed by atoms with van der Waals surface area (Å²) in [6, 6.07) is 17.3. The zero-order valence-electron chi connectivity index (χ0n) is 10.4. The highest BCUT2D eigenvalue weighted by Gasteiger charge is 2.05. The number of anilines is 1.